The highest BCUT2D eigenvalue weighted by molar-refractivity contribution is 6.04. The van der Waals surface area contributed by atoms with Gasteiger partial charge in [0.25, 0.3) is 0 Å². The van der Waals surface area contributed by atoms with Gasteiger partial charge in [-0.2, -0.15) is 0 Å². The molecule has 0 spiro atoms. The number of aryl methyl sites for hydroxylation is 3. The summed E-state index contributed by atoms with van der Waals surface area (Å²) in [7, 11) is 0. The molecule has 0 radical (unpaired) electrons. The lowest BCUT2D eigenvalue weighted by Crippen LogP contribution is -2.29. The number of hydrogen-bond donors (Lipinski definition) is 2. The molecule has 5 nitrogen and oxygen atoms in total. The van der Waals surface area contributed by atoms with Crippen molar-refractivity contribution in [2.75, 3.05) is 23.3 Å². The average molecular weight is 380 g/mol. The number of amides is 2. The van der Waals surface area contributed by atoms with Gasteiger partial charge in [0.15, 0.2) is 0 Å². The predicted molar refractivity (Wildman–Crippen MR) is 114 cm³/mol. The number of hydrogen-bond acceptors (Lipinski definition) is 3. The summed E-state index contributed by atoms with van der Waals surface area (Å²) in [6, 6.07) is 12.0. The van der Waals surface area contributed by atoms with Gasteiger partial charge in [0.1, 0.15) is 0 Å². The summed E-state index contributed by atoms with van der Waals surface area (Å²) >= 11 is 0. The fourth-order valence-corrected chi connectivity index (χ4v) is 3.97. The zero-order valence-corrected chi connectivity index (χ0v) is 17.1. The molecule has 1 saturated heterocycles. The molecule has 1 heterocycles. The Balaban J connectivity index is 1.71. The maximum Gasteiger partial charge on any atom is 0.229 e. The van der Waals surface area contributed by atoms with Crippen LogP contribution in [0.1, 0.15) is 35.6 Å². The molecule has 0 saturated carbocycles. The molecule has 2 N–H and O–H groups in total. The number of carbonyl (C=O) groups is 2. The smallest absolute Gasteiger partial charge is 0.229 e. The van der Waals surface area contributed by atoms with Gasteiger partial charge < -0.3 is 15.5 Å². The number of carbonyl (C=O) groups excluding carboxylic acids is 2. The minimum atomic E-state index is -0.343. The third-order valence-corrected chi connectivity index (χ3v) is 5.17. The zero-order chi connectivity index (χ0) is 20.3. The van der Waals surface area contributed by atoms with Gasteiger partial charge in [-0.15, -0.1) is 0 Å². The molecule has 0 aromatic heterocycles. The molecule has 2 amide bonds. The van der Waals surface area contributed by atoms with E-state index < -0.39 is 0 Å². The van der Waals surface area contributed by atoms with Crippen molar-refractivity contribution in [3.63, 3.8) is 0 Å². The normalized spacial score (nSPS) is 16.5. The van der Waals surface area contributed by atoms with Gasteiger partial charge in [0, 0.05) is 30.9 Å². The van der Waals surface area contributed by atoms with Crippen LogP contribution in [0.3, 0.4) is 0 Å². The molecule has 1 unspecified atom stereocenters. The van der Waals surface area contributed by atoms with Crippen LogP contribution in [0.2, 0.25) is 0 Å². The Bertz CT molecular complexity index is 868. The predicted octanol–water partition coefficient (Wildman–Crippen LogP) is 3.71. The highest BCUT2D eigenvalue weighted by atomic mass is 16.2. The Labute approximate surface area is 167 Å². The van der Waals surface area contributed by atoms with E-state index in [1.807, 2.05) is 38.1 Å². The first-order valence-corrected chi connectivity index (χ1v) is 9.87. The monoisotopic (exact) mass is 379 g/mol. The van der Waals surface area contributed by atoms with E-state index in [2.05, 4.69) is 36.6 Å². The maximum atomic E-state index is 12.8. The van der Waals surface area contributed by atoms with Crippen molar-refractivity contribution in [1.29, 1.82) is 0 Å². The summed E-state index contributed by atoms with van der Waals surface area (Å²) in [5.74, 6) is -0.431. The lowest BCUT2D eigenvalue weighted by molar-refractivity contribution is -0.122. The number of rotatable bonds is 6. The molecule has 28 heavy (non-hydrogen) atoms. The molecule has 1 aliphatic heterocycles. The fraction of sp³-hybridized carbons (Fsp3) is 0.391. The summed E-state index contributed by atoms with van der Waals surface area (Å²) < 4.78 is 0. The molecule has 1 aliphatic rings. The Morgan fingerprint density at radius 3 is 2.54 bits per heavy atom. The molecule has 2 aromatic carbocycles. The number of nitrogens with one attached hydrogen (secondary N) is 2. The van der Waals surface area contributed by atoms with Crippen molar-refractivity contribution in [2.45, 2.75) is 40.7 Å². The highest BCUT2D eigenvalue weighted by Gasteiger charge is 2.36. The molecular formula is C23H29N3O2. The van der Waals surface area contributed by atoms with Crippen LogP contribution in [0, 0.1) is 26.7 Å². The lowest BCUT2D eigenvalue weighted by atomic mass is 10.0. The Hall–Kier alpha value is -2.66. The quantitative estimate of drug-likeness (QED) is 0.804. The van der Waals surface area contributed by atoms with Crippen molar-refractivity contribution in [3.05, 3.63) is 58.7 Å². The van der Waals surface area contributed by atoms with Gasteiger partial charge >= 0.3 is 0 Å². The largest absolute Gasteiger partial charge is 0.326 e. The SMILES string of the molecule is CCNCc1cccc(NC(=O)C2CC(=O)N(c3c(C)cc(C)cc3C)C2)c1. The van der Waals surface area contributed by atoms with Gasteiger partial charge in [-0.25, -0.2) is 0 Å². The zero-order valence-electron chi connectivity index (χ0n) is 17.1. The standard InChI is InChI=1S/C23H29N3O2/c1-5-24-13-18-7-6-8-20(11-18)25-23(28)19-12-21(27)26(14-19)22-16(3)9-15(2)10-17(22)4/h6-11,19,24H,5,12-14H2,1-4H3,(H,25,28). The van der Waals surface area contributed by atoms with E-state index in [0.717, 1.165) is 41.2 Å². The summed E-state index contributed by atoms with van der Waals surface area (Å²) in [6.45, 7) is 10.2. The summed E-state index contributed by atoms with van der Waals surface area (Å²) in [4.78, 5) is 27.2. The van der Waals surface area contributed by atoms with Crippen LogP contribution in [0.25, 0.3) is 0 Å². The first-order chi connectivity index (χ1) is 13.4. The van der Waals surface area contributed by atoms with Crippen LogP contribution in [0.4, 0.5) is 11.4 Å². The van der Waals surface area contributed by atoms with Crippen LogP contribution < -0.4 is 15.5 Å². The molecule has 148 valence electrons. The van der Waals surface area contributed by atoms with Gasteiger partial charge in [0.05, 0.1) is 5.92 Å². The van der Waals surface area contributed by atoms with Crippen LogP contribution in [-0.4, -0.2) is 24.9 Å². The van der Waals surface area contributed by atoms with Crippen LogP contribution in [0.15, 0.2) is 36.4 Å². The van der Waals surface area contributed by atoms with E-state index >= 15 is 0 Å². The van der Waals surface area contributed by atoms with E-state index in [1.54, 1.807) is 4.90 Å². The molecule has 1 fully saturated rings. The van der Waals surface area contributed by atoms with Crippen LogP contribution in [-0.2, 0) is 16.1 Å². The molecule has 1 atom stereocenters. The Morgan fingerprint density at radius 2 is 1.86 bits per heavy atom. The summed E-state index contributed by atoms with van der Waals surface area (Å²) in [5.41, 5.74) is 6.16. The molecule has 2 aromatic rings. The average Bonchev–Trinajstić information content (AvgIpc) is 3.01. The van der Waals surface area contributed by atoms with E-state index in [4.69, 9.17) is 0 Å². The maximum absolute atomic E-state index is 12.8. The second-order valence-electron chi connectivity index (χ2n) is 7.62. The first-order valence-electron chi connectivity index (χ1n) is 9.87. The topological polar surface area (TPSA) is 61.4 Å². The molecule has 5 heteroatoms. The van der Waals surface area contributed by atoms with E-state index in [1.165, 1.54) is 5.56 Å². The number of nitrogens with zero attached hydrogens (tertiary/aromatic N) is 1. The van der Waals surface area contributed by atoms with Crippen molar-refractivity contribution < 1.29 is 9.59 Å². The van der Waals surface area contributed by atoms with E-state index in [9.17, 15) is 9.59 Å². The molecule has 0 bridgehead atoms. The van der Waals surface area contributed by atoms with Crippen LogP contribution >= 0.6 is 0 Å². The van der Waals surface area contributed by atoms with Crippen molar-refractivity contribution in [3.8, 4) is 0 Å². The second kappa shape index (κ2) is 8.57. The molecule has 3 rings (SSSR count). The second-order valence-corrected chi connectivity index (χ2v) is 7.62. The minimum Gasteiger partial charge on any atom is -0.326 e. The van der Waals surface area contributed by atoms with E-state index in [-0.39, 0.29) is 24.2 Å². The van der Waals surface area contributed by atoms with Gasteiger partial charge in [0.2, 0.25) is 11.8 Å². The number of anilines is 2. The Morgan fingerprint density at radius 1 is 1.14 bits per heavy atom. The third kappa shape index (κ3) is 4.42. The summed E-state index contributed by atoms with van der Waals surface area (Å²) in [5, 5.41) is 6.27. The van der Waals surface area contributed by atoms with Crippen molar-refractivity contribution >= 4 is 23.2 Å². The van der Waals surface area contributed by atoms with Crippen LogP contribution in [0.5, 0.6) is 0 Å². The minimum absolute atomic E-state index is 0.0103. The van der Waals surface area contributed by atoms with Gasteiger partial charge in [-0.05, 0) is 56.1 Å². The van der Waals surface area contributed by atoms with Gasteiger partial charge in [-0.3, -0.25) is 9.59 Å². The third-order valence-electron chi connectivity index (χ3n) is 5.17. The lowest BCUT2D eigenvalue weighted by Gasteiger charge is -2.22. The Kier molecular flexibility index (Phi) is 6.15. The van der Waals surface area contributed by atoms with Crippen molar-refractivity contribution in [2.24, 2.45) is 5.92 Å². The summed E-state index contributed by atoms with van der Waals surface area (Å²) in [6.07, 6.45) is 0.246. The fourth-order valence-electron chi connectivity index (χ4n) is 3.97. The van der Waals surface area contributed by atoms with E-state index in [0.29, 0.717) is 6.54 Å². The van der Waals surface area contributed by atoms with Crippen molar-refractivity contribution in [1.82, 2.24) is 5.32 Å². The van der Waals surface area contributed by atoms with Gasteiger partial charge in [-0.1, -0.05) is 36.8 Å². The molecule has 0 aliphatic carbocycles. The molecular weight excluding hydrogens is 350 g/mol. The first kappa shape index (κ1) is 20.1. The highest BCUT2D eigenvalue weighted by Crippen LogP contribution is 2.32. The number of benzene rings is 2.